The number of carbonyl (C=O) groups is 2. The van der Waals surface area contributed by atoms with Crippen LogP contribution in [-0.4, -0.2) is 33.0 Å². The zero-order valence-electron chi connectivity index (χ0n) is 12.7. The molecule has 2 rings (SSSR count). The minimum atomic E-state index is -0.613. The number of ether oxygens (including phenoxy) is 1. The van der Waals surface area contributed by atoms with Crippen LogP contribution < -0.4 is 5.73 Å². The molecule has 1 aromatic heterocycles. The van der Waals surface area contributed by atoms with Crippen LogP contribution in [-0.2, 0) is 11.3 Å². The van der Waals surface area contributed by atoms with Crippen molar-refractivity contribution < 1.29 is 14.3 Å². The lowest BCUT2D eigenvalue weighted by molar-refractivity contribution is 0.0377. The van der Waals surface area contributed by atoms with Gasteiger partial charge < -0.3 is 10.5 Å². The minimum absolute atomic E-state index is 0.148. The van der Waals surface area contributed by atoms with Crippen molar-refractivity contribution in [2.24, 2.45) is 5.73 Å². The Bertz CT molecular complexity index is 707. The number of hydrogen-bond donors (Lipinski definition) is 1. The smallest absolute Gasteiger partial charge is 0.338 e. The van der Waals surface area contributed by atoms with Crippen LogP contribution in [0.5, 0.6) is 0 Å². The third kappa shape index (κ3) is 3.49. The van der Waals surface area contributed by atoms with Gasteiger partial charge in [-0.3, -0.25) is 4.79 Å². The number of rotatable bonds is 5. The van der Waals surface area contributed by atoms with Crippen LogP contribution in [0.15, 0.2) is 24.3 Å². The van der Waals surface area contributed by atoms with Crippen molar-refractivity contribution in [3.63, 3.8) is 0 Å². The van der Waals surface area contributed by atoms with E-state index in [4.69, 9.17) is 10.5 Å². The summed E-state index contributed by atoms with van der Waals surface area (Å²) in [6, 6.07) is 7.05. The number of aromatic nitrogens is 3. The third-order valence-corrected chi connectivity index (χ3v) is 3.05. The fraction of sp³-hybridized carbons (Fsp3) is 0.333. The molecular weight excluding hydrogens is 284 g/mol. The van der Waals surface area contributed by atoms with Gasteiger partial charge in [-0.2, -0.15) is 0 Å². The highest BCUT2D eigenvalue weighted by Crippen LogP contribution is 2.11. The monoisotopic (exact) mass is 302 g/mol. The van der Waals surface area contributed by atoms with Crippen LogP contribution in [0.4, 0.5) is 0 Å². The van der Waals surface area contributed by atoms with Crippen LogP contribution >= 0.6 is 0 Å². The van der Waals surface area contributed by atoms with Gasteiger partial charge in [0.1, 0.15) is 0 Å². The van der Waals surface area contributed by atoms with E-state index in [2.05, 4.69) is 10.3 Å². The lowest BCUT2D eigenvalue weighted by atomic mass is 10.1. The average Bonchev–Trinajstić information content (AvgIpc) is 2.80. The van der Waals surface area contributed by atoms with E-state index in [1.165, 1.54) is 0 Å². The first-order valence-corrected chi connectivity index (χ1v) is 6.88. The molecule has 7 nitrogen and oxygen atoms in total. The van der Waals surface area contributed by atoms with Crippen molar-refractivity contribution in [1.29, 1.82) is 0 Å². The molecule has 0 unspecified atom stereocenters. The minimum Gasteiger partial charge on any atom is -0.459 e. The zero-order valence-corrected chi connectivity index (χ0v) is 12.7. The maximum atomic E-state index is 11.9. The van der Waals surface area contributed by atoms with Gasteiger partial charge in [-0.15, -0.1) is 5.10 Å². The summed E-state index contributed by atoms with van der Waals surface area (Å²) >= 11 is 0. The fourth-order valence-electron chi connectivity index (χ4n) is 1.99. The Balaban J connectivity index is 2.20. The summed E-state index contributed by atoms with van der Waals surface area (Å²) in [5.41, 5.74) is 7.27. The first-order chi connectivity index (χ1) is 10.4. The molecule has 1 aromatic carbocycles. The van der Waals surface area contributed by atoms with E-state index in [0.29, 0.717) is 17.8 Å². The van der Waals surface area contributed by atoms with E-state index in [0.717, 1.165) is 5.56 Å². The summed E-state index contributed by atoms with van der Waals surface area (Å²) in [5.74, 6) is -0.983. The average molecular weight is 302 g/mol. The number of nitrogens with zero attached hydrogens (tertiary/aromatic N) is 3. The van der Waals surface area contributed by atoms with Crippen LogP contribution in [0.25, 0.3) is 0 Å². The van der Waals surface area contributed by atoms with Crippen LogP contribution in [0.2, 0.25) is 0 Å². The van der Waals surface area contributed by atoms with E-state index < -0.39 is 5.91 Å². The molecule has 0 radical (unpaired) electrons. The van der Waals surface area contributed by atoms with Crippen LogP contribution in [0, 0.1) is 6.92 Å². The highest BCUT2D eigenvalue weighted by Gasteiger charge is 2.14. The molecule has 1 heterocycles. The molecule has 0 aliphatic heterocycles. The Morgan fingerprint density at radius 2 is 2.09 bits per heavy atom. The number of hydrogen-bond acceptors (Lipinski definition) is 5. The SMILES string of the molecule is Cc1c(C(N)=O)nnn1Cc1cccc(C(=O)OC(C)C)c1. The molecule has 2 N–H and O–H groups in total. The van der Waals surface area contributed by atoms with Gasteiger partial charge in [0.05, 0.1) is 23.9 Å². The fourth-order valence-corrected chi connectivity index (χ4v) is 1.99. The van der Waals surface area contributed by atoms with Crippen LogP contribution in [0.3, 0.4) is 0 Å². The molecule has 0 saturated heterocycles. The summed E-state index contributed by atoms with van der Waals surface area (Å²) in [7, 11) is 0. The lowest BCUT2D eigenvalue weighted by Gasteiger charge is -2.09. The maximum Gasteiger partial charge on any atom is 0.338 e. The van der Waals surface area contributed by atoms with Gasteiger partial charge in [0.25, 0.3) is 5.91 Å². The molecule has 0 bridgehead atoms. The topological polar surface area (TPSA) is 100 Å². The zero-order chi connectivity index (χ0) is 16.3. The Labute approximate surface area is 128 Å². The number of amides is 1. The number of esters is 1. The maximum absolute atomic E-state index is 11.9. The summed E-state index contributed by atoms with van der Waals surface area (Å²) in [4.78, 5) is 23.1. The molecule has 0 atom stereocenters. The van der Waals surface area contributed by atoms with E-state index in [-0.39, 0.29) is 17.8 Å². The molecule has 0 fully saturated rings. The Morgan fingerprint density at radius 1 is 1.36 bits per heavy atom. The molecular formula is C15H18N4O3. The quantitative estimate of drug-likeness (QED) is 0.839. The molecule has 1 amide bonds. The summed E-state index contributed by atoms with van der Waals surface area (Å²) in [5, 5.41) is 7.66. The Hall–Kier alpha value is -2.70. The van der Waals surface area contributed by atoms with Crippen molar-refractivity contribution in [3.8, 4) is 0 Å². The molecule has 0 spiro atoms. The Kier molecular flexibility index (Phi) is 4.55. The normalized spacial score (nSPS) is 10.7. The highest BCUT2D eigenvalue weighted by molar-refractivity contribution is 5.91. The molecule has 0 aliphatic carbocycles. The predicted molar refractivity (Wildman–Crippen MR) is 79.4 cm³/mol. The van der Waals surface area contributed by atoms with E-state index in [1.807, 2.05) is 6.07 Å². The molecule has 0 saturated carbocycles. The van der Waals surface area contributed by atoms with Crippen molar-refractivity contribution in [2.75, 3.05) is 0 Å². The standard InChI is InChI=1S/C15H18N4O3/c1-9(2)22-15(21)12-6-4-5-11(7-12)8-19-10(3)13(14(16)20)17-18-19/h4-7,9H,8H2,1-3H3,(H2,16,20). The van der Waals surface area contributed by atoms with Gasteiger partial charge in [-0.05, 0) is 38.5 Å². The number of carbonyl (C=O) groups excluding carboxylic acids is 2. The molecule has 116 valence electrons. The number of nitrogens with two attached hydrogens (primary N) is 1. The van der Waals surface area contributed by atoms with Crippen LogP contribution in [0.1, 0.15) is 46.0 Å². The van der Waals surface area contributed by atoms with Crippen molar-refractivity contribution in [1.82, 2.24) is 15.0 Å². The van der Waals surface area contributed by atoms with Gasteiger partial charge >= 0.3 is 5.97 Å². The summed E-state index contributed by atoms with van der Waals surface area (Å²) in [6.07, 6.45) is -0.174. The first-order valence-electron chi connectivity index (χ1n) is 6.88. The van der Waals surface area contributed by atoms with Gasteiger partial charge in [0.15, 0.2) is 5.69 Å². The van der Waals surface area contributed by atoms with Gasteiger partial charge in [0, 0.05) is 0 Å². The van der Waals surface area contributed by atoms with Crippen molar-refractivity contribution in [2.45, 2.75) is 33.4 Å². The molecule has 0 aliphatic rings. The van der Waals surface area contributed by atoms with E-state index in [9.17, 15) is 9.59 Å². The second-order valence-electron chi connectivity index (χ2n) is 5.20. The number of benzene rings is 1. The highest BCUT2D eigenvalue weighted by atomic mass is 16.5. The second-order valence-corrected chi connectivity index (χ2v) is 5.20. The number of primary amides is 1. The second kappa shape index (κ2) is 6.38. The van der Waals surface area contributed by atoms with E-state index in [1.54, 1.807) is 43.7 Å². The van der Waals surface area contributed by atoms with Gasteiger partial charge in [-0.25, -0.2) is 9.48 Å². The lowest BCUT2D eigenvalue weighted by Crippen LogP contribution is -2.14. The van der Waals surface area contributed by atoms with Gasteiger partial charge in [0.2, 0.25) is 0 Å². The molecule has 2 aromatic rings. The van der Waals surface area contributed by atoms with Crippen molar-refractivity contribution in [3.05, 3.63) is 46.8 Å². The van der Waals surface area contributed by atoms with Gasteiger partial charge in [-0.1, -0.05) is 17.3 Å². The first kappa shape index (κ1) is 15.7. The molecule has 22 heavy (non-hydrogen) atoms. The predicted octanol–water partition coefficient (Wildman–Crippen LogP) is 1.30. The molecule has 7 heteroatoms. The van der Waals surface area contributed by atoms with Crippen molar-refractivity contribution >= 4 is 11.9 Å². The largest absolute Gasteiger partial charge is 0.459 e. The van der Waals surface area contributed by atoms with E-state index >= 15 is 0 Å². The summed E-state index contributed by atoms with van der Waals surface area (Å²) in [6.45, 7) is 5.70. The summed E-state index contributed by atoms with van der Waals surface area (Å²) < 4.78 is 6.73. The Morgan fingerprint density at radius 3 is 2.68 bits per heavy atom. The third-order valence-electron chi connectivity index (χ3n) is 3.05.